The minimum atomic E-state index is 0.145. The first-order valence-corrected chi connectivity index (χ1v) is 4.40. The fourth-order valence-corrected chi connectivity index (χ4v) is 1.89. The van der Waals surface area contributed by atoms with E-state index < -0.39 is 0 Å². The Bertz CT molecular complexity index is 132. The first-order valence-electron chi connectivity index (χ1n) is 4.40. The Balaban J connectivity index is 2.60. The van der Waals surface area contributed by atoms with Crippen molar-refractivity contribution in [3.63, 3.8) is 0 Å². The van der Waals surface area contributed by atoms with E-state index in [0.717, 1.165) is 13.2 Å². The van der Waals surface area contributed by atoms with Gasteiger partial charge in [0.2, 0.25) is 0 Å². The predicted octanol–water partition coefficient (Wildman–Crippen LogP) is 1.41. The summed E-state index contributed by atoms with van der Waals surface area (Å²) in [4.78, 5) is 0. The Morgan fingerprint density at radius 2 is 2.09 bits per heavy atom. The molecule has 1 saturated heterocycles. The zero-order valence-corrected chi connectivity index (χ0v) is 7.98. The van der Waals surface area contributed by atoms with Crippen molar-refractivity contribution in [3.05, 3.63) is 0 Å². The normalized spacial score (nSPS) is 30.8. The van der Waals surface area contributed by atoms with Crippen LogP contribution >= 0.6 is 0 Å². The van der Waals surface area contributed by atoms with Crippen molar-refractivity contribution < 1.29 is 4.74 Å². The van der Waals surface area contributed by atoms with Gasteiger partial charge in [-0.2, -0.15) is 0 Å². The summed E-state index contributed by atoms with van der Waals surface area (Å²) in [6.07, 6.45) is 0.358. The van der Waals surface area contributed by atoms with Crippen LogP contribution in [0.25, 0.3) is 0 Å². The SMILES string of the molecule is CC(C)C1OCCNC1(C)C. The molecule has 0 aromatic carbocycles. The van der Waals surface area contributed by atoms with Crippen LogP contribution in [-0.2, 0) is 4.74 Å². The maximum absolute atomic E-state index is 5.69. The lowest BCUT2D eigenvalue weighted by atomic mass is 9.88. The van der Waals surface area contributed by atoms with Gasteiger partial charge in [-0.25, -0.2) is 0 Å². The molecule has 0 bridgehead atoms. The molecule has 1 aliphatic rings. The summed E-state index contributed by atoms with van der Waals surface area (Å²) < 4.78 is 5.69. The highest BCUT2D eigenvalue weighted by Crippen LogP contribution is 2.22. The van der Waals surface area contributed by atoms with Gasteiger partial charge in [0.05, 0.1) is 12.7 Å². The molecule has 0 radical (unpaired) electrons. The van der Waals surface area contributed by atoms with Crippen LogP contribution in [0.4, 0.5) is 0 Å². The molecule has 2 nitrogen and oxygen atoms in total. The van der Waals surface area contributed by atoms with Crippen LogP contribution in [0.15, 0.2) is 0 Å². The van der Waals surface area contributed by atoms with E-state index in [0.29, 0.717) is 12.0 Å². The Labute approximate surface area is 69.3 Å². The summed E-state index contributed by atoms with van der Waals surface area (Å²) in [6, 6.07) is 0. The molecule has 1 fully saturated rings. The molecular formula is C9H19NO. The highest BCUT2D eigenvalue weighted by Gasteiger charge is 2.34. The van der Waals surface area contributed by atoms with Crippen LogP contribution in [0.1, 0.15) is 27.7 Å². The lowest BCUT2D eigenvalue weighted by molar-refractivity contribution is -0.0618. The molecule has 0 amide bonds. The minimum Gasteiger partial charge on any atom is -0.375 e. The molecule has 1 heterocycles. The summed E-state index contributed by atoms with van der Waals surface area (Å²) in [5.74, 6) is 0.595. The van der Waals surface area contributed by atoms with Gasteiger partial charge < -0.3 is 10.1 Å². The number of morpholine rings is 1. The fraction of sp³-hybridized carbons (Fsp3) is 1.00. The number of rotatable bonds is 1. The maximum atomic E-state index is 5.69. The summed E-state index contributed by atoms with van der Waals surface area (Å²) in [6.45, 7) is 10.7. The largest absolute Gasteiger partial charge is 0.375 e. The van der Waals surface area contributed by atoms with Gasteiger partial charge in [-0.05, 0) is 19.8 Å². The monoisotopic (exact) mass is 157 g/mol. The molecule has 11 heavy (non-hydrogen) atoms. The van der Waals surface area contributed by atoms with Gasteiger partial charge in [0, 0.05) is 12.1 Å². The maximum Gasteiger partial charge on any atom is 0.0774 e. The summed E-state index contributed by atoms with van der Waals surface area (Å²) in [5, 5.41) is 3.46. The van der Waals surface area contributed by atoms with Crippen molar-refractivity contribution in [2.45, 2.75) is 39.3 Å². The lowest BCUT2D eigenvalue weighted by Crippen LogP contribution is -2.58. The van der Waals surface area contributed by atoms with Gasteiger partial charge in [0.1, 0.15) is 0 Å². The predicted molar refractivity (Wildman–Crippen MR) is 46.7 cm³/mol. The van der Waals surface area contributed by atoms with E-state index in [4.69, 9.17) is 4.74 Å². The highest BCUT2D eigenvalue weighted by molar-refractivity contribution is 4.91. The van der Waals surface area contributed by atoms with E-state index in [1.807, 2.05) is 0 Å². The standard InChI is InChI=1S/C9H19NO/c1-7(2)8-9(3,4)10-5-6-11-8/h7-8,10H,5-6H2,1-4H3. The third-order valence-electron chi connectivity index (χ3n) is 2.30. The fourth-order valence-electron chi connectivity index (χ4n) is 1.89. The third-order valence-corrected chi connectivity index (χ3v) is 2.30. The van der Waals surface area contributed by atoms with Crippen molar-refractivity contribution >= 4 is 0 Å². The van der Waals surface area contributed by atoms with Gasteiger partial charge in [0.25, 0.3) is 0 Å². The average molecular weight is 157 g/mol. The molecule has 0 aromatic heterocycles. The van der Waals surface area contributed by atoms with E-state index in [2.05, 4.69) is 33.0 Å². The smallest absolute Gasteiger partial charge is 0.0774 e. The van der Waals surface area contributed by atoms with Crippen LogP contribution in [-0.4, -0.2) is 24.8 Å². The zero-order valence-electron chi connectivity index (χ0n) is 7.98. The zero-order chi connectivity index (χ0) is 8.48. The molecule has 2 heteroatoms. The molecule has 1 atom stereocenters. The molecule has 66 valence electrons. The lowest BCUT2D eigenvalue weighted by Gasteiger charge is -2.41. The van der Waals surface area contributed by atoms with Gasteiger partial charge in [-0.15, -0.1) is 0 Å². The molecule has 1 unspecified atom stereocenters. The molecule has 1 N–H and O–H groups in total. The second-order valence-electron chi connectivity index (χ2n) is 4.18. The first kappa shape index (κ1) is 9.01. The van der Waals surface area contributed by atoms with Crippen molar-refractivity contribution in [1.82, 2.24) is 5.32 Å². The van der Waals surface area contributed by atoms with Gasteiger partial charge in [-0.3, -0.25) is 0 Å². The number of ether oxygens (including phenoxy) is 1. The van der Waals surface area contributed by atoms with E-state index in [1.54, 1.807) is 0 Å². The van der Waals surface area contributed by atoms with Crippen LogP contribution in [0.3, 0.4) is 0 Å². The number of hydrogen-bond donors (Lipinski definition) is 1. The number of nitrogens with one attached hydrogen (secondary N) is 1. The van der Waals surface area contributed by atoms with Crippen molar-refractivity contribution in [2.75, 3.05) is 13.2 Å². The van der Waals surface area contributed by atoms with Crippen LogP contribution in [0.2, 0.25) is 0 Å². The van der Waals surface area contributed by atoms with E-state index in [1.165, 1.54) is 0 Å². The van der Waals surface area contributed by atoms with Crippen molar-refractivity contribution in [3.8, 4) is 0 Å². The second-order valence-corrected chi connectivity index (χ2v) is 4.18. The van der Waals surface area contributed by atoms with Crippen LogP contribution < -0.4 is 5.32 Å². The molecule has 0 aromatic rings. The molecule has 1 rings (SSSR count). The van der Waals surface area contributed by atoms with Gasteiger partial charge in [-0.1, -0.05) is 13.8 Å². The quantitative estimate of drug-likeness (QED) is 0.621. The van der Waals surface area contributed by atoms with E-state index in [9.17, 15) is 0 Å². The third kappa shape index (κ3) is 1.94. The Morgan fingerprint density at radius 1 is 1.45 bits per heavy atom. The topological polar surface area (TPSA) is 21.3 Å². The van der Waals surface area contributed by atoms with Crippen LogP contribution in [0, 0.1) is 5.92 Å². The molecule has 0 saturated carbocycles. The van der Waals surface area contributed by atoms with Crippen molar-refractivity contribution in [1.29, 1.82) is 0 Å². The van der Waals surface area contributed by atoms with E-state index in [-0.39, 0.29) is 5.54 Å². The molecule has 0 aliphatic carbocycles. The first-order chi connectivity index (χ1) is 5.04. The van der Waals surface area contributed by atoms with E-state index >= 15 is 0 Å². The highest BCUT2D eigenvalue weighted by atomic mass is 16.5. The van der Waals surface area contributed by atoms with Crippen LogP contribution in [0.5, 0.6) is 0 Å². The minimum absolute atomic E-state index is 0.145. The summed E-state index contributed by atoms with van der Waals surface area (Å²) in [5.41, 5.74) is 0.145. The summed E-state index contributed by atoms with van der Waals surface area (Å²) >= 11 is 0. The molecular weight excluding hydrogens is 138 g/mol. The second kappa shape index (κ2) is 3.11. The van der Waals surface area contributed by atoms with Gasteiger partial charge >= 0.3 is 0 Å². The van der Waals surface area contributed by atoms with Crippen molar-refractivity contribution in [2.24, 2.45) is 5.92 Å². The Hall–Kier alpha value is -0.0800. The Kier molecular flexibility index (Phi) is 2.55. The summed E-state index contributed by atoms with van der Waals surface area (Å²) in [7, 11) is 0. The van der Waals surface area contributed by atoms with Gasteiger partial charge in [0.15, 0.2) is 0 Å². The molecule has 1 aliphatic heterocycles. The average Bonchev–Trinajstić information content (AvgIpc) is 1.85. The number of hydrogen-bond acceptors (Lipinski definition) is 2. The molecule has 0 spiro atoms. The Morgan fingerprint density at radius 3 is 2.45 bits per heavy atom.